The summed E-state index contributed by atoms with van der Waals surface area (Å²) in [7, 11) is 0. The molecule has 1 aromatic carbocycles. The summed E-state index contributed by atoms with van der Waals surface area (Å²) in [5, 5.41) is 8.49. The Morgan fingerprint density at radius 3 is 2.50 bits per heavy atom. The zero-order valence-electron chi connectivity index (χ0n) is 8.51. The van der Waals surface area contributed by atoms with E-state index in [1.807, 2.05) is 24.3 Å². The Bertz CT molecular complexity index is 446. The minimum absolute atomic E-state index is 0. The molecule has 16 heavy (non-hydrogen) atoms. The first-order chi connectivity index (χ1) is 7.24. The van der Waals surface area contributed by atoms with Crippen LogP contribution in [0.3, 0.4) is 0 Å². The second-order valence-corrected chi connectivity index (χ2v) is 6.03. The number of nitrogens with zero attached hydrogens (tertiary/aromatic N) is 2. The van der Waals surface area contributed by atoms with E-state index in [9.17, 15) is 0 Å². The van der Waals surface area contributed by atoms with Gasteiger partial charge in [-0.25, -0.2) is 0 Å². The van der Waals surface area contributed by atoms with Gasteiger partial charge in [-0.2, -0.15) is 10.2 Å². The number of benzene rings is 1. The van der Waals surface area contributed by atoms with Crippen LogP contribution in [-0.4, -0.2) is 61.6 Å². The van der Waals surface area contributed by atoms with E-state index in [0.717, 1.165) is 15.1 Å². The fraction of sp³-hybridized carbons (Fsp3) is 0.111. The molecule has 0 fully saturated rings. The van der Waals surface area contributed by atoms with Gasteiger partial charge in [-0.05, 0) is 22.0 Å². The Morgan fingerprint density at radius 1 is 1.25 bits per heavy atom. The maximum absolute atomic E-state index is 5.79. The molecular weight excluding hydrogens is 307 g/mol. The molecule has 2 aromatic rings. The van der Waals surface area contributed by atoms with Gasteiger partial charge >= 0.3 is 0 Å². The predicted octanol–water partition coefficient (Wildman–Crippen LogP) is 3.01. The van der Waals surface area contributed by atoms with Crippen molar-refractivity contribution in [3.8, 4) is 0 Å². The summed E-state index contributed by atoms with van der Waals surface area (Å²) in [6.45, 7) is 0. The topological polar surface area (TPSA) is 25.8 Å². The van der Waals surface area contributed by atoms with Crippen LogP contribution in [0, 0.1) is 0 Å². The van der Waals surface area contributed by atoms with Crippen molar-refractivity contribution in [3.63, 3.8) is 0 Å². The summed E-state index contributed by atoms with van der Waals surface area (Å²) in [5.41, 5.74) is 1.21. The van der Waals surface area contributed by atoms with Gasteiger partial charge in [0.25, 0.3) is 0 Å². The molecule has 0 amide bonds. The summed E-state index contributed by atoms with van der Waals surface area (Å²) < 4.78 is 1.50. The van der Waals surface area contributed by atoms with Crippen LogP contribution in [-0.2, 0) is 18.4 Å². The number of rotatable bonds is 3. The van der Waals surface area contributed by atoms with Crippen LogP contribution in [0.1, 0.15) is 5.56 Å². The van der Waals surface area contributed by atoms with Gasteiger partial charge in [-0.3, -0.25) is 0 Å². The van der Waals surface area contributed by atoms with Gasteiger partial charge < -0.3 is 24.0 Å². The summed E-state index contributed by atoms with van der Waals surface area (Å²) in [4.78, 5) is 0. The average Bonchev–Trinajstić information content (AvgIpc) is 2.64. The SMILES string of the molecule is [K].[S-]c1nnc(SCc2ccc(Cl)cc2)s1. The van der Waals surface area contributed by atoms with Crippen molar-refractivity contribution in [2.75, 3.05) is 0 Å². The second-order valence-electron chi connectivity index (χ2n) is 2.75. The monoisotopic (exact) mass is 312 g/mol. The van der Waals surface area contributed by atoms with Gasteiger partial charge in [0, 0.05) is 62.2 Å². The molecule has 0 N–H and O–H groups in total. The molecule has 0 saturated heterocycles. The zero-order valence-corrected chi connectivity index (χ0v) is 14.8. The molecule has 0 unspecified atom stereocenters. The molecule has 0 aliphatic rings. The Balaban J connectivity index is 0.00000128. The second kappa shape index (κ2) is 7.65. The van der Waals surface area contributed by atoms with E-state index in [2.05, 4.69) is 10.2 Å². The van der Waals surface area contributed by atoms with Crippen LogP contribution in [0.2, 0.25) is 5.02 Å². The Hall–Kier alpha value is 1.28. The summed E-state index contributed by atoms with van der Waals surface area (Å²) in [6, 6.07) is 7.78. The molecule has 0 aliphatic carbocycles. The molecule has 2 rings (SSSR count). The number of halogens is 1. The van der Waals surface area contributed by atoms with E-state index in [4.69, 9.17) is 24.2 Å². The van der Waals surface area contributed by atoms with Gasteiger partial charge in [-0.15, -0.1) is 11.8 Å². The smallest absolute Gasteiger partial charge is 0.0808 e. The standard InChI is InChI=1S/C9H7ClN2S3.K/c10-7-3-1-6(2-4-7)5-14-9-12-11-8(13)15-9;/h1-4H,5H2,(H,11,13);/p-1. The normalized spacial score (nSPS) is 9.81. The molecule has 79 valence electrons. The first-order valence-corrected chi connectivity index (χ1v) is 6.70. The Kier molecular flexibility index (Phi) is 7.34. The fourth-order valence-corrected chi connectivity index (χ4v) is 3.09. The maximum Gasteiger partial charge on any atom is 0.0808 e. The first-order valence-electron chi connectivity index (χ1n) is 4.12. The largest absolute Gasteiger partial charge is 0.406 e. The Morgan fingerprint density at radius 2 is 1.94 bits per heavy atom. The van der Waals surface area contributed by atoms with E-state index in [1.165, 1.54) is 16.9 Å². The fourth-order valence-electron chi connectivity index (χ4n) is 0.981. The molecular formula is C9H6ClKN2S3-. The van der Waals surface area contributed by atoms with Gasteiger partial charge in [0.15, 0.2) is 0 Å². The first kappa shape index (κ1) is 15.3. The maximum atomic E-state index is 5.79. The molecule has 1 radical (unpaired) electrons. The summed E-state index contributed by atoms with van der Waals surface area (Å²) in [5.74, 6) is 0.862. The third kappa shape index (κ3) is 4.87. The molecule has 0 atom stereocenters. The minimum Gasteiger partial charge on any atom is -0.406 e. The number of hydrogen-bond donors (Lipinski definition) is 0. The average molecular weight is 313 g/mol. The van der Waals surface area contributed by atoms with Gasteiger partial charge in [-0.1, -0.05) is 23.7 Å². The number of thioether (sulfide) groups is 1. The number of aromatic nitrogens is 2. The molecule has 1 heterocycles. The predicted molar refractivity (Wildman–Crippen MR) is 72.3 cm³/mol. The van der Waals surface area contributed by atoms with Crippen LogP contribution in [0.25, 0.3) is 0 Å². The third-order valence-electron chi connectivity index (χ3n) is 1.66. The van der Waals surface area contributed by atoms with Crippen molar-refractivity contribution in [2.24, 2.45) is 0 Å². The number of hydrogen-bond acceptors (Lipinski definition) is 5. The van der Waals surface area contributed by atoms with Gasteiger partial charge in [0.1, 0.15) is 0 Å². The minimum atomic E-state index is 0. The molecule has 7 heteroatoms. The van der Waals surface area contributed by atoms with Crippen LogP contribution >= 0.6 is 34.7 Å². The molecule has 1 aromatic heterocycles. The molecule has 2 nitrogen and oxygen atoms in total. The van der Waals surface area contributed by atoms with Crippen LogP contribution in [0.15, 0.2) is 32.9 Å². The van der Waals surface area contributed by atoms with Crippen molar-refractivity contribution in [1.29, 1.82) is 0 Å². The van der Waals surface area contributed by atoms with Crippen LogP contribution in [0.5, 0.6) is 0 Å². The molecule has 0 bridgehead atoms. The van der Waals surface area contributed by atoms with Crippen molar-refractivity contribution >= 4 is 98.7 Å². The van der Waals surface area contributed by atoms with Crippen LogP contribution in [0.4, 0.5) is 0 Å². The van der Waals surface area contributed by atoms with Crippen molar-refractivity contribution < 1.29 is 0 Å². The van der Waals surface area contributed by atoms with E-state index in [-0.39, 0.29) is 51.4 Å². The van der Waals surface area contributed by atoms with E-state index >= 15 is 0 Å². The van der Waals surface area contributed by atoms with E-state index in [0.29, 0.717) is 4.34 Å². The molecule has 0 spiro atoms. The quantitative estimate of drug-likeness (QED) is 0.494. The molecule has 0 saturated carbocycles. The van der Waals surface area contributed by atoms with Crippen molar-refractivity contribution in [3.05, 3.63) is 34.9 Å². The van der Waals surface area contributed by atoms with E-state index < -0.39 is 0 Å². The van der Waals surface area contributed by atoms with Crippen molar-refractivity contribution in [2.45, 2.75) is 14.4 Å². The van der Waals surface area contributed by atoms with Crippen molar-refractivity contribution in [1.82, 2.24) is 10.2 Å². The third-order valence-corrected chi connectivity index (χ3v) is 4.17. The van der Waals surface area contributed by atoms with Crippen LogP contribution < -0.4 is 0 Å². The Labute approximate surface area is 155 Å². The molecule has 0 aliphatic heterocycles. The summed E-state index contributed by atoms with van der Waals surface area (Å²) >= 11 is 13.8. The van der Waals surface area contributed by atoms with E-state index in [1.54, 1.807) is 11.8 Å². The van der Waals surface area contributed by atoms with Gasteiger partial charge in [0.05, 0.1) is 4.34 Å². The summed E-state index contributed by atoms with van der Waals surface area (Å²) in [6.07, 6.45) is 0. The zero-order chi connectivity index (χ0) is 10.7. The van der Waals surface area contributed by atoms with Gasteiger partial charge in [0.2, 0.25) is 0 Å².